The van der Waals surface area contributed by atoms with E-state index < -0.39 is 0 Å². The molecule has 27 heavy (non-hydrogen) atoms. The van der Waals surface area contributed by atoms with Gasteiger partial charge < -0.3 is 25.0 Å². The predicted octanol–water partition coefficient (Wildman–Crippen LogP) is 2.67. The van der Waals surface area contributed by atoms with Crippen molar-refractivity contribution in [1.29, 1.82) is 0 Å². The van der Waals surface area contributed by atoms with Crippen LogP contribution in [0.15, 0.2) is 40.8 Å². The molecule has 0 radical (unpaired) electrons. The van der Waals surface area contributed by atoms with Crippen molar-refractivity contribution < 1.29 is 9.47 Å². The maximum Gasteiger partial charge on any atom is 0.191 e. The van der Waals surface area contributed by atoms with E-state index in [9.17, 15) is 0 Å². The maximum absolute atomic E-state index is 6.17. The van der Waals surface area contributed by atoms with E-state index in [0.29, 0.717) is 12.5 Å². The van der Waals surface area contributed by atoms with Crippen LogP contribution in [-0.2, 0) is 0 Å². The van der Waals surface area contributed by atoms with E-state index in [1.807, 2.05) is 42.8 Å². The van der Waals surface area contributed by atoms with E-state index in [0.717, 1.165) is 42.8 Å². The van der Waals surface area contributed by atoms with Gasteiger partial charge in [-0.15, -0.1) is 35.3 Å². The minimum Gasteiger partial charge on any atom is -0.497 e. The zero-order valence-electron chi connectivity index (χ0n) is 15.6. The van der Waals surface area contributed by atoms with Crippen LogP contribution in [0.2, 0.25) is 0 Å². The highest BCUT2D eigenvalue weighted by Crippen LogP contribution is 2.20. The molecule has 7 nitrogen and oxygen atoms in total. The molecule has 1 aromatic heterocycles. The molecular formula is C18H26IN5O2S. The van der Waals surface area contributed by atoms with Crippen molar-refractivity contribution in [3.05, 3.63) is 35.8 Å². The first kappa shape index (κ1) is 21.5. The van der Waals surface area contributed by atoms with Crippen molar-refractivity contribution in [2.24, 2.45) is 10.7 Å². The van der Waals surface area contributed by atoms with Crippen molar-refractivity contribution >= 4 is 46.4 Å². The number of nitrogens with zero attached hydrogens (tertiary/aromatic N) is 4. The Morgan fingerprint density at radius 1 is 1.30 bits per heavy atom. The fourth-order valence-electron chi connectivity index (χ4n) is 2.77. The maximum atomic E-state index is 6.17. The molecule has 1 fully saturated rings. The Kier molecular flexibility index (Phi) is 8.42. The Bertz CT molecular complexity index is 720. The molecule has 1 aliphatic heterocycles. The standard InChI is InChI=1S/C18H25N5O2S.HI/c1-14(25-16-5-3-4-15(12-16)24-2)13-21-17(19)22-7-9-23(10-8-22)18-20-6-11-26-18;/h3-6,11-12,14H,7-10,13H2,1-2H3,(H2,19,21);1H. The summed E-state index contributed by atoms with van der Waals surface area (Å²) in [5.41, 5.74) is 6.17. The van der Waals surface area contributed by atoms with Crippen molar-refractivity contribution in [2.45, 2.75) is 13.0 Å². The SMILES string of the molecule is COc1cccc(OC(C)CN=C(N)N2CCN(c3nccs3)CC2)c1.I. The lowest BCUT2D eigenvalue weighted by atomic mass is 10.3. The van der Waals surface area contributed by atoms with Crippen molar-refractivity contribution in [3.63, 3.8) is 0 Å². The van der Waals surface area contributed by atoms with Crippen molar-refractivity contribution in [2.75, 3.05) is 44.7 Å². The molecule has 1 unspecified atom stereocenters. The summed E-state index contributed by atoms with van der Waals surface area (Å²) in [6.45, 7) is 5.99. The number of benzene rings is 1. The van der Waals surface area contributed by atoms with Crippen LogP contribution in [0, 0.1) is 0 Å². The third kappa shape index (κ3) is 6.13. The highest BCUT2D eigenvalue weighted by molar-refractivity contribution is 14.0. The summed E-state index contributed by atoms with van der Waals surface area (Å²) >= 11 is 1.67. The second-order valence-corrected chi connectivity index (χ2v) is 6.97. The lowest BCUT2D eigenvalue weighted by Gasteiger charge is -2.35. The van der Waals surface area contributed by atoms with Gasteiger partial charge in [-0.05, 0) is 19.1 Å². The minimum absolute atomic E-state index is 0. The van der Waals surface area contributed by atoms with Crippen LogP contribution in [-0.4, -0.2) is 61.8 Å². The van der Waals surface area contributed by atoms with Gasteiger partial charge in [0.2, 0.25) is 0 Å². The van der Waals surface area contributed by atoms with Crippen LogP contribution in [0.1, 0.15) is 6.92 Å². The number of rotatable bonds is 6. The molecule has 1 aromatic carbocycles. The van der Waals surface area contributed by atoms with E-state index >= 15 is 0 Å². The minimum atomic E-state index is -0.0720. The molecule has 0 aliphatic carbocycles. The second-order valence-electron chi connectivity index (χ2n) is 6.10. The monoisotopic (exact) mass is 503 g/mol. The first-order chi connectivity index (χ1) is 12.7. The fraction of sp³-hybridized carbons (Fsp3) is 0.444. The number of hydrogen-bond acceptors (Lipinski definition) is 6. The van der Waals surface area contributed by atoms with Crippen LogP contribution in [0.25, 0.3) is 0 Å². The first-order valence-electron chi connectivity index (χ1n) is 8.65. The predicted molar refractivity (Wildman–Crippen MR) is 121 cm³/mol. The number of anilines is 1. The van der Waals surface area contributed by atoms with Gasteiger partial charge in [-0.25, -0.2) is 9.98 Å². The highest BCUT2D eigenvalue weighted by atomic mass is 127. The van der Waals surface area contributed by atoms with Gasteiger partial charge in [0.15, 0.2) is 11.1 Å². The molecule has 148 valence electrons. The van der Waals surface area contributed by atoms with Crippen LogP contribution in [0.4, 0.5) is 5.13 Å². The summed E-state index contributed by atoms with van der Waals surface area (Å²) in [4.78, 5) is 13.3. The molecule has 0 bridgehead atoms. The van der Waals surface area contributed by atoms with Gasteiger partial charge in [-0.3, -0.25) is 0 Å². The van der Waals surface area contributed by atoms with Gasteiger partial charge in [-0.2, -0.15) is 0 Å². The highest BCUT2D eigenvalue weighted by Gasteiger charge is 2.20. The lowest BCUT2D eigenvalue weighted by Crippen LogP contribution is -2.51. The van der Waals surface area contributed by atoms with E-state index in [1.54, 1.807) is 18.4 Å². The quantitative estimate of drug-likeness (QED) is 0.371. The smallest absolute Gasteiger partial charge is 0.191 e. The Morgan fingerprint density at radius 3 is 2.70 bits per heavy atom. The van der Waals surface area contributed by atoms with Gasteiger partial charge in [0.1, 0.15) is 17.6 Å². The van der Waals surface area contributed by atoms with Crippen LogP contribution >= 0.6 is 35.3 Å². The largest absolute Gasteiger partial charge is 0.497 e. The van der Waals surface area contributed by atoms with Crippen LogP contribution in [0.3, 0.4) is 0 Å². The molecule has 9 heteroatoms. The normalized spacial score (nSPS) is 15.9. The number of hydrogen-bond donors (Lipinski definition) is 1. The van der Waals surface area contributed by atoms with E-state index in [1.165, 1.54) is 0 Å². The number of methoxy groups -OCH3 is 1. The van der Waals surface area contributed by atoms with Crippen molar-refractivity contribution in [3.8, 4) is 11.5 Å². The zero-order chi connectivity index (χ0) is 18.4. The first-order valence-corrected chi connectivity index (χ1v) is 9.53. The molecule has 1 saturated heterocycles. The number of guanidine groups is 1. The van der Waals surface area contributed by atoms with Crippen molar-refractivity contribution in [1.82, 2.24) is 9.88 Å². The Hall–Kier alpha value is -1.75. The molecule has 3 rings (SSSR count). The van der Waals surface area contributed by atoms with Gasteiger partial charge in [0, 0.05) is 43.8 Å². The van der Waals surface area contributed by atoms with Crippen LogP contribution < -0.4 is 20.1 Å². The summed E-state index contributed by atoms with van der Waals surface area (Å²) in [6, 6.07) is 7.56. The summed E-state index contributed by atoms with van der Waals surface area (Å²) in [7, 11) is 1.64. The number of nitrogens with two attached hydrogens (primary N) is 1. The third-order valence-corrected chi connectivity index (χ3v) is 5.01. The second kappa shape index (κ2) is 10.5. The Morgan fingerprint density at radius 2 is 2.04 bits per heavy atom. The summed E-state index contributed by atoms with van der Waals surface area (Å²) in [6.07, 6.45) is 1.77. The molecule has 2 heterocycles. The molecule has 0 saturated carbocycles. The fourth-order valence-corrected chi connectivity index (χ4v) is 3.46. The van der Waals surface area contributed by atoms with E-state index in [2.05, 4.69) is 19.8 Å². The number of halogens is 1. The van der Waals surface area contributed by atoms with Gasteiger partial charge in [0.25, 0.3) is 0 Å². The molecule has 1 atom stereocenters. The molecule has 2 N–H and O–H groups in total. The molecular weight excluding hydrogens is 477 g/mol. The molecule has 2 aromatic rings. The van der Waals surface area contributed by atoms with Crippen LogP contribution in [0.5, 0.6) is 11.5 Å². The van der Waals surface area contributed by atoms with Gasteiger partial charge in [-0.1, -0.05) is 6.07 Å². The zero-order valence-corrected chi connectivity index (χ0v) is 18.7. The lowest BCUT2D eigenvalue weighted by molar-refractivity contribution is 0.228. The summed E-state index contributed by atoms with van der Waals surface area (Å²) in [5.74, 6) is 2.11. The van der Waals surface area contributed by atoms with E-state index in [-0.39, 0.29) is 30.1 Å². The van der Waals surface area contributed by atoms with Gasteiger partial charge in [0.05, 0.1) is 13.7 Å². The van der Waals surface area contributed by atoms with Gasteiger partial charge >= 0.3 is 0 Å². The Balaban J connectivity index is 0.00000261. The Labute approximate surface area is 181 Å². The number of piperazine rings is 1. The number of aromatic nitrogens is 1. The number of ether oxygens (including phenoxy) is 2. The third-order valence-electron chi connectivity index (χ3n) is 4.18. The topological polar surface area (TPSA) is 76.2 Å². The molecule has 0 spiro atoms. The number of thiazole rings is 1. The average Bonchev–Trinajstić information content (AvgIpc) is 3.21. The molecule has 0 amide bonds. The summed E-state index contributed by atoms with van der Waals surface area (Å²) in [5, 5.41) is 3.07. The molecule has 1 aliphatic rings. The summed E-state index contributed by atoms with van der Waals surface area (Å²) < 4.78 is 11.1. The van der Waals surface area contributed by atoms with E-state index in [4.69, 9.17) is 15.2 Å². The average molecular weight is 503 g/mol. The number of aliphatic imine (C=N–C) groups is 1.